The Morgan fingerprint density at radius 1 is 1.78 bits per heavy atom. The average molecular weight is 192 g/mol. The number of carbonyl (C=O) groups is 1. The van der Waals surface area contributed by atoms with Gasteiger partial charge in [-0.05, 0) is 6.08 Å². The van der Waals surface area contributed by atoms with Crippen LogP contribution in [0.4, 0.5) is 4.39 Å². The molecule has 0 saturated carbocycles. The fraction of sp³-hybridized carbons (Fsp3) is 0.200. The van der Waals surface area contributed by atoms with Gasteiger partial charge in [-0.1, -0.05) is 15.9 Å². The molecular formula is C5H3BrFNO. The van der Waals surface area contributed by atoms with Gasteiger partial charge in [0.2, 0.25) is 0 Å². The first kappa shape index (κ1) is 6.61. The lowest BCUT2D eigenvalue weighted by atomic mass is 10.3. The molecule has 0 N–H and O–H groups in total. The predicted molar refractivity (Wildman–Crippen MR) is 35.4 cm³/mol. The number of hydrogen-bond donors (Lipinski definition) is 0. The van der Waals surface area contributed by atoms with Crippen molar-refractivity contribution in [1.82, 2.24) is 0 Å². The SMILES string of the molecule is O=C1N=CC(Br)C=C1F. The number of rotatable bonds is 0. The number of dihydropyridines is 1. The summed E-state index contributed by atoms with van der Waals surface area (Å²) < 4.78 is 12.2. The van der Waals surface area contributed by atoms with E-state index >= 15 is 0 Å². The second-order valence-electron chi connectivity index (χ2n) is 1.54. The van der Waals surface area contributed by atoms with Crippen molar-refractivity contribution in [2.24, 2.45) is 4.99 Å². The smallest absolute Gasteiger partial charge is 0.264 e. The van der Waals surface area contributed by atoms with E-state index in [0.29, 0.717) is 0 Å². The molecule has 2 nitrogen and oxygen atoms in total. The van der Waals surface area contributed by atoms with E-state index in [1.165, 1.54) is 6.21 Å². The molecule has 1 rings (SSSR count). The maximum Gasteiger partial charge on any atom is 0.305 e. The fourth-order valence-corrected chi connectivity index (χ4v) is 0.805. The van der Waals surface area contributed by atoms with Gasteiger partial charge in [0.25, 0.3) is 0 Å². The van der Waals surface area contributed by atoms with E-state index in [1.54, 1.807) is 0 Å². The number of aliphatic imine (C=N–C) groups is 1. The van der Waals surface area contributed by atoms with Gasteiger partial charge in [0, 0.05) is 6.21 Å². The molecule has 0 aromatic rings. The molecule has 1 atom stereocenters. The summed E-state index contributed by atoms with van der Waals surface area (Å²) in [5.41, 5.74) is 0. The molecule has 1 aliphatic rings. The van der Waals surface area contributed by atoms with Crippen LogP contribution < -0.4 is 0 Å². The normalized spacial score (nSPS) is 26.2. The zero-order valence-corrected chi connectivity index (χ0v) is 5.93. The first-order valence-corrected chi connectivity index (χ1v) is 3.21. The highest BCUT2D eigenvalue weighted by molar-refractivity contribution is 9.10. The van der Waals surface area contributed by atoms with Gasteiger partial charge in [-0.3, -0.25) is 4.79 Å². The summed E-state index contributed by atoms with van der Waals surface area (Å²) in [5.74, 6) is -1.59. The maximum atomic E-state index is 12.2. The standard InChI is InChI=1S/C5H3BrFNO/c6-3-1-4(7)5(9)8-2-3/h1-3H. The summed E-state index contributed by atoms with van der Waals surface area (Å²) in [5, 5.41) is 0. The number of nitrogens with zero attached hydrogens (tertiary/aromatic N) is 1. The lowest BCUT2D eigenvalue weighted by Crippen LogP contribution is -2.07. The summed E-state index contributed by atoms with van der Waals surface area (Å²) in [6, 6.07) is 0. The van der Waals surface area contributed by atoms with E-state index in [1.807, 2.05) is 0 Å². The third-order valence-electron chi connectivity index (χ3n) is 0.844. The van der Waals surface area contributed by atoms with E-state index in [0.717, 1.165) is 6.08 Å². The molecule has 1 unspecified atom stereocenters. The number of amides is 1. The zero-order valence-electron chi connectivity index (χ0n) is 4.34. The predicted octanol–water partition coefficient (Wildman–Crippen LogP) is 1.21. The molecule has 0 fully saturated rings. The van der Waals surface area contributed by atoms with Gasteiger partial charge in [0.15, 0.2) is 5.83 Å². The van der Waals surface area contributed by atoms with Gasteiger partial charge in [-0.15, -0.1) is 0 Å². The Bertz CT molecular complexity index is 199. The highest BCUT2D eigenvalue weighted by atomic mass is 79.9. The van der Waals surface area contributed by atoms with Crippen LogP contribution in [0.15, 0.2) is 16.9 Å². The molecule has 0 bridgehead atoms. The fourth-order valence-electron chi connectivity index (χ4n) is 0.455. The third-order valence-corrected chi connectivity index (χ3v) is 1.34. The van der Waals surface area contributed by atoms with Crippen molar-refractivity contribution >= 4 is 28.1 Å². The Balaban J connectivity index is 2.82. The van der Waals surface area contributed by atoms with Gasteiger partial charge in [0.1, 0.15) is 0 Å². The molecule has 48 valence electrons. The van der Waals surface area contributed by atoms with E-state index < -0.39 is 11.7 Å². The molecule has 0 aromatic heterocycles. The molecular weight excluding hydrogens is 189 g/mol. The van der Waals surface area contributed by atoms with Crippen LogP contribution in [0.5, 0.6) is 0 Å². The van der Waals surface area contributed by atoms with E-state index in [4.69, 9.17) is 0 Å². The molecule has 0 saturated heterocycles. The van der Waals surface area contributed by atoms with Crippen LogP contribution >= 0.6 is 15.9 Å². The molecule has 0 spiro atoms. The minimum absolute atomic E-state index is 0.241. The highest BCUT2D eigenvalue weighted by Gasteiger charge is 2.13. The van der Waals surface area contributed by atoms with Crippen LogP contribution in [-0.2, 0) is 4.79 Å². The van der Waals surface area contributed by atoms with Crippen LogP contribution in [0.25, 0.3) is 0 Å². The topological polar surface area (TPSA) is 29.4 Å². The quantitative estimate of drug-likeness (QED) is 0.530. The molecule has 0 radical (unpaired) electrons. The Hall–Kier alpha value is -0.510. The van der Waals surface area contributed by atoms with Crippen molar-refractivity contribution in [1.29, 1.82) is 0 Å². The van der Waals surface area contributed by atoms with Gasteiger partial charge in [-0.25, -0.2) is 9.38 Å². The van der Waals surface area contributed by atoms with Crippen molar-refractivity contribution < 1.29 is 9.18 Å². The minimum Gasteiger partial charge on any atom is -0.264 e. The number of allylic oxidation sites excluding steroid dienone is 1. The van der Waals surface area contributed by atoms with Crippen molar-refractivity contribution in [2.45, 2.75) is 4.83 Å². The van der Waals surface area contributed by atoms with Crippen molar-refractivity contribution in [2.75, 3.05) is 0 Å². The van der Waals surface area contributed by atoms with E-state index in [-0.39, 0.29) is 4.83 Å². The second kappa shape index (κ2) is 2.39. The van der Waals surface area contributed by atoms with Gasteiger partial charge < -0.3 is 0 Å². The van der Waals surface area contributed by atoms with E-state index in [9.17, 15) is 9.18 Å². The molecule has 4 heteroatoms. The molecule has 0 aliphatic carbocycles. The van der Waals surface area contributed by atoms with Crippen LogP contribution in [0.2, 0.25) is 0 Å². The van der Waals surface area contributed by atoms with Gasteiger partial charge >= 0.3 is 5.91 Å². The first-order valence-electron chi connectivity index (χ1n) is 2.30. The Kier molecular flexibility index (Phi) is 1.75. The molecule has 1 heterocycles. The van der Waals surface area contributed by atoms with Crippen molar-refractivity contribution in [3.05, 3.63) is 11.9 Å². The average Bonchev–Trinajstić information content (AvgIpc) is 1.80. The minimum atomic E-state index is -0.800. The Labute approximate surface area is 59.6 Å². The van der Waals surface area contributed by atoms with Gasteiger partial charge in [-0.2, -0.15) is 0 Å². The number of hydrogen-bond acceptors (Lipinski definition) is 1. The monoisotopic (exact) mass is 191 g/mol. The van der Waals surface area contributed by atoms with Crippen LogP contribution in [0.1, 0.15) is 0 Å². The Morgan fingerprint density at radius 2 is 2.44 bits per heavy atom. The third kappa shape index (κ3) is 1.45. The summed E-state index contributed by atoms with van der Waals surface area (Å²) in [4.78, 5) is 13.3. The highest BCUT2D eigenvalue weighted by Crippen LogP contribution is 2.10. The summed E-state index contributed by atoms with van der Waals surface area (Å²) in [6.07, 6.45) is 2.50. The summed E-state index contributed by atoms with van der Waals surface area (Å²) >= 11 is 3.04. The maximum absolute atomic E-state index is 12.2. The molecule has 1 amide bonds. The molecule has 1 aliphatic heterocycles. The molecule has 9 heavy (non-hydrogen) atoms. The Morgan fingerprint density at radius 3 is 2.89 bits per heavy atom. The lowest BCUT2D eigenvalue weighted by molar-refractivity contribution is -0.115. The summed E-state index contributed by atoms with van der Waals surface area (Å²) in [7, 11) is 0. The van der Waals surface area contributed by atoms with Crippen LogP contribution in [0, 0.1) is 0 Å². The zero-order chi connectivity index (χ0) is 6.85. The van der Waals surface area contributed by atoms with Crippen LogP contribution in [0.3, 0.4) is 0 Å². The largest absolute Gasteiger partial charge is 0.305 e. The van der Waals surface area contributed by atoms with Gasteiger partial charge in [0.05, 0.1) is 4.83 Å². The van der Waals surface area contributed by atoms with Crippen molar-refractivity contribution in [3.63, 3.8) is 0 Å². The summed E-state index contributed by atoms with van der Waals surface area (Å²) in [6.45, 7) is 0. The van der Waals surface area contributed by atoms with Crippen molar-refractivity contribution in [3.8, 4) is 0 Å². The second-order valence-corrected chi connectivity index (χ2v) is 2.60. The first-order chi connectivity index (χ1) is 4.20. The van der Waals surface area contributed by atoms with E-state index in [2.05, 4.69) is 20.9 Å². The lowest BCUT2D eigenvalue weighted by Gasteiger charge is -2.00. The van der Waals surface area contributed by atoms with Crippen LogP contribution in [-0.4, -0.2) is 16.9 Å². The number of alkyl halides is 1. The number of halogens is 2. The molecule has 0 aromatic carbocycles. The number of carbonyl (C=O) groups excluding carboxylic acids is 1.